The standard InChI is InChI=1S/C18H14O4/c19-17(20)18(21-14-9-2-1-3-10-14)22-16-12-6-8-13-7-4-5-11-15(13)16/h1-12,18H,(H,19,20). The predicted molar refractivity (Wildman–Crippen MR) is 83.1 cm³/mol. The highest BCUT2D eigenvalue weighted by Crippen LogP contribution is 2.26. The van der Waals surface area contributed by atoms with Crippen LogP contribution in [-0.2, 0) is 4.79 Å². The lowest BCUT2D eigenvalue weighted by Gasteiger charge is -2.17. The van der Waals surface area contributed by atoms with Crippen LogP contribution in [0.25, 0.3) is 10.8 Å². The molecule has 0 aliphatic carbocycles. The molecule has 0 aromatic heterocycles. The highest BCUT2D eigenvalue weighted by atomic mass is 16.7. The smallest absolute Gasteiger partial charge is 0.387 e. The van der Waals surface area contributed by atoms with E-state index in [0.29, 0.717) is 11.5 Å². The van der Waals surface area contributed by atoms with Gasteiger partial charge in [-0.25, -0.2) is 4.79 Å². The Bertz CT molecular complexity index is 778. The van der Waals surface area contributed by atoms with E-state index < -0.39 is 12.3 Å². The molecule has 1 atom stereocenters. The van der Waals surface area contributed by atoms with Gasteiger partial charge in [0.05, 0.1) is 0 Å². The summed E-state index contributed by atoms with van der Waals surface area (Å²) in [4.78, 5) is 11.4. The Morgan fingerprint density at radius 3 is 2.27 bits per heavy atom. The number of carbonyl (C=O) groups is 1. The second kappa shape index (κ2) is 6.18. The summed E-state index contributed by atoms with van der Waals surface area (Å²) < 4.78 is 11.0. The Morgan fingerprint density at radius 1 is 0.818 bits per heavy atom. The Labute approximate surface area is 127 Å². The fraction of sp³-hybridized carbons (Fsp3) is 0.0556. The molecule has 0 saturated heterocycles. The molecule has 0 saturated carbocycles. The minimum Gasteiger partial charge on any atom is -0.476 e. The third-order valence-corrected chi connectivity index (χ3v) is 3.17. The van der Waals surface area contributed by atoms with Crippen LogP contribution in [-0.4, -0.2) is 17.4 Å². The van der Waals surface area contributed by atoms with Crippen molar-refractivity contribution >= 4 is 16.7 Å². The van der Waals surface area contributed by atoms with E-state index in [1.807, 2.05) is 42.5 Å². The van der Waals surface area contributed by atoms with E-state index in [0.717, 1.165) is 10.8 Å². The number of ether oxygens (including phenoxy) is 2. The molecule has 1 unspecified atom stereocenters. The van der Waals surface area contributed by atoms with Crippen LogP contribution in [0, 0.1) is 0 Å². The van der Waals surface area contributed by atoms with E-state index in [1.165, 1.54) is 0 Å². The van der Waals surface area contributed by atoms with Gasteiger partial charge in [0.15, 0.2) is 0 Å². The highest BCUT2D eigenvalue weighted by molar-refractivity contribution is 5.88. The van der Waals surface area contributed by atoms with Crippen molar-refractivity contribution < 1.29 is 19.4 Å². The van der Waals surface area contributed by atoms with Crippen LogP contribution in [0.15, 0.2) is 72.8 Å². The average molecular weight is 294 g/mol. The van der Waals surface area contributed by atoms with Gasteiger partial charge in [-0.15, -0.1) is 0 Å². The van der Waals surface area contributed by atoms with Gasteiger partial charge < -0.3 is 14.6 Å². The van der Waals surface area contributed by atoms with Gasteiger partial charge in [0.1, 0.15) is 11.5 Å². The fourth-order valence-electron chi connectivity index (χ4n) is 2.16. The molecule has 4 nitrogen and oxygen atoms in total. The monoisotopic (exact) mass is 294 g/mol. The summed E-state index contributed by atoms with van der Waals surface area (Å²) in [6.45, 7) is 0. The van der Waals surface area contributed by atoms with Crippen molar-refractivity contribution in [2.24, 2.45) is 0 Å². The predicted octanol–water partition coefficient (Wildman–Crippen LogP) is 3.71. The second-order valence-electron chi connectivity index (χ2n) is 4.70. The summed E-state index contributed by atoms with van der Waals surface area (Å²) >= 11 is 0. The zero-order chi connectivity index (χ0) is 15.4. The van der Waals surface area contributed by atoms with Gasteiger partial charge in [0.2, 0.25) is 0 Å². The van der Waals surface area contributed by atoms with E-state index in [2.05, 4.69) is 0 Å². The molecule has 0 amide bonds. The molecule has 3 rings (SSSR count). The zero-order valence-corrected chi connectivity index (χ0v) is 11.7. The molecule has 110 valence electrons. The van der Waals surface area contributed by atoms with Gasteiger partial charge in [0, 0.05) is 5.39 Å². The van der Waals surface area contributed by atoms with Crippen LogP contribution in [0.1, 0.15) is 0 Å². The van der Waals surface area contributed by atoms with Gasteiger partial charge in [-0.3, -0.25) is 0 Å². The summed E-state index contributed by atoms with van der Waals surface area (Å²) in [7, 11) is 0. The lowest BCUT2D eigenvalue weighted by atomic mass is 10.1. The molecule has 0 fully saturated rings. The summed E-state index contributed by atoms with van der Waals surface area (Å²) in [5, 5.41) is 11.1. The normalized spacial score (nSPS) is 11.8. The quantitative estimate of drug-likeness (QED) is 0.729. The fourth-order valence-corrected chi connectivity index (χ4v) is 2.16. The third-order valence-electron chi connectivity index (χ3n) is 3.17. The second-order valence-corrected chi connectivity index (χ2v) is 4.70. The third kappa shape index (κ3) is 3.01. The summed E-state index contributed by atoms with van der Waals surface area (Å²) in [6.07, 6.45) is -1.41. The molecular formula is C18H14O4. The molecule has 0 aliphatic rings. The van der Waals surface area contributed by atoms with E-state index in [1.54, 1.807) is 30.3 Å². The SMILES string of the molecule is O=C(O)C(Oc1ccccc1)Oc1cccc2ccccc12. The minimum absolute atomic E-state index is 0.440. The Balaban J connectivity index is 1.88. The van der Waals surface area contributed by atoms with Gasteiger partial charge in [-0.2, -0.15) is 0 Å². The topological polar surface area (TPSA) is 55.8 Å². The van der Waals surface area contributed by atoms with Crippen molar-refractivity contribution in [3.05, 3.63) is 72.8 Å². The van der Waals surface area contributed by atoms with Crippen molar-refractivity contribution in [3.63, 3.8) is 0 Å². The molecule has 0 radical (unpaired) electrons. The molecule has 4 heteroatoms. The highest BCUT2D eigenvalue weighted by Gasteiger charge is 2.22. The van der Waals surface area contributed by atoms with Crippen LogP contribution in [0.4, 0.5) is 0 Å². The van der Waals surface area contributed by atoms with E-state index in [9.17, 15) is 9.90 Å². The van der Waals surface area contributed by atoms with Crippen LogP contribution in [0.5, 0.6) is 11.5 Å². The van der Waals surface area contributed by atoms with Crippen LogP contribution >= 0.6 is 0 Å². The first kappa shape index (κ1) is 13.9. The van der Waals surface area contributed by atoms with Gasteiger partial charge >= 0.3 is 12.3 Å². The number of hydrogen-bond donors (Lipinski definition) is 1. The van der Waals surface area contributed by atoms with Crippen molar-refractivity contribution in [2.75, 3.05) is 0 Å². The maximum atomic E-state index is 11.4. The number of carboxylic acid groups (broad SMARTS) is 1. The number of fused-ring (bicyclic) bond motifs is 1. The molecule has 0 heterocycles. The largest absolute Gasteiger partial charge is 0.476 e. The first-order valence-electron chi connectivity index (χ1n) is 6.83. The molecule has 3 aromatic rings. The first-order valence-corrected chi connectivity index (χ1v) is 6.83. The number of carboxylic acids is 1. The molecule has 0 aliphatic heterocycles. The van der Waals surface area contributed by atoms with Crippen molar-refractivity contribution in [2.45, 2.75) is 6.29 Å². The summed E-state index contributed by atoms with van der Waals surface area (Å²) in [5.41, 5.74) is 0. The van der Waals surface area contributed by atoms with E-state index >= 15 is 0 Å². The number of para-hydroxylation sites is 1. The molecular weight excluding hydrogens is 280 g/mol. The Kier molecular flexibility index (Phi) is 3.92. The van der Waals surface area contributed by atoms with E-state index in [4.69, 9.17) is 9.47 Å². The molecule has 3 aromatic carbocycles. The Morgan fingerprint density at radius 2 is 1.50 bits per heavy atom. The number of rotatable bonds is 5. The van der Waals surface area contributed by atoms with Gasteiger partial charge in [-0.1, -0.05) is 54.6 Å². The number of hydrogen-bond acceptors (Lipinski definition) is 3. The van der Waals surface area contributed by atoms with Crippen molar-refractivity contribution in [1.82, 2.24) is 0 Å². The summed E-state index contributed by atoms with van der Waals surface area (Å²) in [5.74, 6) is -0.270. The van der Waals surface area contributed by atoms with Gasteiger partial charge in [0.25, 0.3) is 0 Å². The lowest BCUT2D eigenvalue weighted by molar-refractivity contribution is -0.158. The van der Waals surface area contributed by atoms with Crippen LogP contribution in [0.2, 0.25) is 0 Å². The maximum Gasteiger partial charge on any atom is 0.387 e. The van der Waals surface area contributed by atoms with Crippen molar-refractivity contribution in [3.8, 4) is 11.5 Å². The van der Waals surface area contributed by atoms with Crippen LogP contribution < -0.4 is 9.47 Å². The molecule has 0 bridgehead atoms. The Hall–Kier alpha value is -3.01. The van der Waals surface area contributed by atoms with Crippen molar-refractivity contribution in [1.29, 1.82) is 0 Å². The van der Waals surface area contributed by atoms with E-state index in [-0.39, 0.29) is 0 Å². The lowest BCUT2D eigenvalue weighted by Crippen LogP contribution is -2.33. The minimum atomic E-state index is -1.41. The summed E-state index contributed by atoms with van der Waals surface area (Å²) in [6, 6.07) is 21.8. The number of benzene rings is 3. The molecule has 0 spiro atoms. The maximum absolute atomic E-state index is 11.4. The zero-order valence-electron chi connectivity index (χ0n) is 11.7. The molecule has 1 N–H and O–H groups in total. The van der Waals surface area contributed by atoms with Gasteiger partial charge in [-0.05, 0) is 23.6 Å². The van der Waals surface area contributed by atoms with Crippen LogP contribution in [0.3, 0.4) is 0 Å². The first-order chi connectivity index (χ1) is 10.7. The number of aliphatic carboxylic acids is 1. The molecule has 22 heavy (non-hydrogen) atoms. The average Bonchev–Trinajstić information content (AvgIpc) is 2.55.